The van der Waals surface area contributed by atoms with Crippen molar-refractivity contribution in [3.05, 3.63) is 47.0 Å². The van der Waals surface area contributed by atoms with Gasteiger partial charge in [-0.2, -0.15) is 0 Å². The molecule has 2 aromatic heterocycles. The maximum atomic E-state index is 12.3. The molecule has 118 valence electrons. The number of rotatable bonds is 3. The Morgan fingerprint density at radius 2 is 2.00 bits per heavy atom. The Kier molecular flexibility index (Phi) is 3.67. The molecule has 6 nitrogen and oxygen atoms in total. The molecule has 0 atom stereocenters. The Morgan fingerprint density at radius 3 is 2.78 bits per heavy atom. The van der Waals surface area contributed by atoms with E-state index in [2.05, 4.69) is 15.0 Å². The van der Waals surface area contributed by atoms with Crippen LogP contribution in [-0.4, -0.2) is 32.7 Å². The SMILES string of the molecule is O=c1[nH]c2ncc(-c3ccccc3)nc2n1CC1CCOCC1. The van der Waals surface area contributed by atoms with Crippen molar-refractivity contribution >= 4 is 11.3 Å². The zero-order chi connectivity index (χ0) is 15.6. The van der Waals surface area contributed by atoms with Crippen molar-refractivity contribution in [1.29, 1.82) is 0 Å². The lowest BCUT2D eigenvalue weighted by Crippen LogP contribution is -2.26. The molecule has 3 heterocycles. The van der Waals surface area contributed by atoms with E-state index in [1.807, 2.05) is 30.3 Å². The van der Waals surface area contributed by atoms with Gasteiger partial charge in [0.05, 0.1) is 11.9 Å². The Labute approximate surface area is 133 Å². The van der Waals surface area contributed by atoms with Crippen molar-refractivity contribution in [2.45, 2.75) is 19.4 Å². The van der Waals surface area contributed by atoms with Gasteiger partial charge >= 0.3 is 5.69 Å². The molecule has 0 amide bonds. The molecule has 3 aromatic rings. The lowest BCUT2D eigenvalue weighted by molar-refractivity contribution is 0.0613. The molecule has 1 aliphatic rings. The third-order valence-electron chi connectivity index (χ3n) is 4.33. The van der Waals surface area contributed by atoms with Gasteiger partial charge in [0.25, 0.3) is 0 Å². The summed E-state index contributed by atoms with van der Waals surface area (Å²) in [6.07, 6.45) is 3.65. The number of hydrogen-bond acceptors (Lipinski definition) is 4. The average Bonchev–Trinajstić information content (AvgIpc) is 2.92. The van der Waals surface area contributed by atoms with Gasteiger partial charge in [-0.1, -0.05) is 30.3 Å². The first-order valence-electron chi connectivity index (χ1n) is 7.90. The summed E-state index contributed by atoms with van der Waals surface area (Å²) in [5, 5.41) is 0. The van der Waals surface area contributed by atoms with Gasteiger partial charge in [-0.25, -0.2) is 14.8 Å². The van der Waals surface area contributed by atoms with Gasteiger partial charge < -0.3 is 4.74 Å². The quantitative estimate of drug-likeness (QED) is 0.805. The van der Waals surface area contributed by atoms with Gasteiger partial charge in [-0.15, -0.1) is 0 Å². The number of aromatic nitrogens is 4. The molecular weight excluding hydrogens is 292 g/mol. The van der Waals surface area contributed by atoms with E-state index in [1.165, 1.54) is 0 Å². The lowest BCUT2D eigenvalue weighted by atomic mass is 10.0. The second-order valence-electron chi connectivity index (χ2n) is 5.89. The van der Waals surface area contributed by atoms with Crippen LogP contribution in [0.1, 0.15) is 12.8 Å². The molecule has 0 saturated carbocycles. The molecule has 1 fully saturated rings. The number of hydrogen-bond donors (Lipinski definition) is 1. The fraction of sp³-hybridized carbons (Fsp3) is 0.353. The van der Waals surface area contributed by atoms with Gasteiger partial charge in [0.1, 0.15) is 0 Å². The highest BCUT2D eigenvalue weighted by molar-refractivity contribution is 5.70. The van der Waals surface area contributed by atoms with Crippen LogP contribution in [-0.2, 0) is 11.3 Å². The molecule has 23 heavy (non-hydrogen) atoms. The summed E-state index contributed by atoms with van der Waals surface area (Å²) >= 11 is 0. The van der Waals surface area contributed by atoms with E-state index in [9.17, 15) is 4.79 Å². The second-order valence-corrected chi connectivity index (χ2v) is 5.89. The lowest BCUT2D eigenvalue weighted by Gasteiger charge is -2.21. The predicted octanol–water partition coefficient (Wildman–Crippen LogP) is 2.21. The zero-order valence-corrected chi connectivity index (χ0v) is 12.7. The highest BCUT2D eigenvalue weighted by atomic mass is 16.5. The molecule has 1 saturated heterocycles. The zero-order valence-electron chi connectivity index (χ0n) is 12.7. The maximum Gasteiger partial charge on any atom is 0.328 e. The summed E-state index contributed by atoms with van der Waals surface area (Å²) in [7, 11) is 0. The molecule has 1 aromatic carbocycles. The summed E-state index contributed by atoms with van der Waals surface area (Å²) in [6, 6.07) is 9.88. The van der Waals surface area contributed by atoms with Crippen LogP contribution < -0.4 is 5.69 Å². The number of imidazole rings is 1. The van der Waals surface area contributed by atoms with Gasteiger partial charge in [0, 0.05) is 25.3 Å². The molecular formula is C17H18N4O2. The molecule has 4 rings (SSSR count). The number of nitrogens with one attached hydrogen (secondary N) is 1. The topological polar surface area (TPSA) is 72.8 Å². The van der Waals surface area contributed by atoms with E-state index < -0.39 is 0 Å². The summed E-state index contributed by atoms with van der Waals surface area (Å²) in [6.45, 7) is 2.19. The first-order chi connectivity index (χ1) is 11.3. The number of nitrogens with zero attached hydrogens (tertiary/aromatic N) is 3. The molecule has 0 unspecified atom stereocenters. The maximum absolute atomic E-state index is 12.3. The molecule has 0 bridgehead atoms. The monoisotopic (exact) mass is 310 g/mol. The number of aromatic amines is 1. The van der Waals surface area contributed by atoms with Crippen LogP contribution in [0.15, 0.2) is 41.3 Å². The largest absolute Gasteiger partial charge is 0.381 e. The van der Waals surface area contributed by atoms with Crippen LogP contribution in [0, 0.1) is 5.92 Å². The highest BCUT2D eigenvalue weighted by Crippen LogP contribution is 2.20. The minimum atomic E-state index is -0.142. The number of fused-ring (bicyclic) bond motifs is 1. The van der Waals surface area contributed by atoms with E-state index >= 15 is 0 Å². The fourth-order valence-electron chi connectivity index (χ4n) is 3.03. The second kappa shape index (κ2) is 5.96. The third kappa shape index (κ3) is 2.77. The van der Waals surface area contributed by atoms with Gasteiger partial charge in [0.2, 0.25) is 0 Å². The van der Waals surface area contributed by atoms with Crippen LogP contribution in [0.3, 0.4) is 0 Å². The minimum absolute atomic E-state index is 0.142. The first kappa shape index (κ1) is 14.1. The van der Waals surface area contributed by atoms with Crippen LogP contribution >= 0.6 is 0 Å². The van der Waals surface area contributed by atoms with E-state index in [4.69, 9.17) is 4.74 Å². The molecule has 0 radical (unpaired) electrons. The predicted molar refractivity (Wildman–Crippen MR) is 87.1 cm³/mol. The Bertz CT molecular complexity index is 863. The number of benzene rings is 1. The molecule has 1 N–H and O–H groups in total. The molecule has 6 heteroatoms. The number of H-pyrrole nitrogens is 1. The van der Waals surface area contributed by atoms with Crippen molar-refractivity contribution in [2.24, 2.45) is 5.92 Å². The number of ether oxygens (including phenoxy) is 1. The highest BCUT2D eigenvalue weighted by Gasteiger charge is 2.18. The normalized spacial score (nSPS) is 16.0. The molecule has 0 spiro atoms. The smallest absolute Gasteiger partial charge is 0.328 e. The van der Waals surface area contributed by atoms with E-state index in [1.54, 1.807) is 10.8 Å². The first-order valence-corrected chi connectivity index (χ1v) is 7.90. The Balaban J connectivity index is 1.74. The van der Waals surface area contributed by atoms with Crippen molar-refractivity contribution < 1.29 is 4.74 Å². The third-order valence-corrected chi connectivity index (χ3v) is 4.33. The standard InChI is InChI=1S/C17H18N4O2/c22-17-20-15-16(21(17)11-12-6-8-23-9-7-12)19-14(10-18-15)13-4-2-1-3-5-13/h1-5,10,12H,6-9,11H2,(H,18,20,22). The summed E-state index contributed by atoms with van der Waals surface area (Å²) in [5.41, 5.74) is 2.80. The summed E-state index contributed by atoms with van der Waals surface area (Å²) in [4.78, 5) is 24.1. The van der Waals surface area contributed by atoms with E-state index in [0.717, 1.165) is 37.3 Å². The van der Waals surface area contributed by atoms with Gasteiger partial charge in [-0.05, 0) is 18.8 Å². The summed E-state index contributed by atoms with van der Waals surface area (Å²) < 4.78 is 7.10. The van der Waals surface area contributed by atoms with Crippen molar-refractivity contribution in [2.75, 3.05) is 13.2 Å². The van der Waals surface area contributed by atoms with Gasteiger partial charge in [-0.3, -0.25) is 9.55 Å². The van der Waals surface area contributed by atoms with Crippen LogP contribution in [0.2, 0.25) is 0 Å². The van der Waals surface area contributed by atoms with Crippen LogP contribution in [0.4, 0.5) is 0 Å². The van der Waals surface area contributed by atoms with E-state index in [0.29, 0.717) is 23.8 Å². The van der Waals surface area contributed by atoms with Gasteiger partial charge in [0.15, 0.2) is 11.3 Å². The van der Waals surface area contributed by atoms with Crippen molar-refractivity contribution in [3.63, 3.8) is 0 Å². The minimum Gasteiger partial charge on any atom is -0.381 e. The Morgan fingerprint density at radius 1 is 1.22 bits per heavy atom. The fourth-order valence-corrected chi connectivity index (χ4v) is 3.03. The Hall–Kier alpha value is -2.47. The van der Waals surface area contributed by atoms with Crippen LogP contribution in [0.5, 0.6) is 0 Å². The average molecular weight is 310 g/mol. The van der Waals surface area contributed by atoms with Crippen molar-refractivity contribution in [1.82, 2.24) is 19.5 Å². The van der Waals surface area contributed by atoms with Crippen LogP contribution in [0.25, 0.3) is 22.6 Å². The van der Waals surface area contributed by atoms with Crippen molar-refractivity contribution in [3.8, 4) is 11.3 Å². The molecule has 1 aliphatic heterocycles. The summed E-state index contributed by atoms with van der Waals surface area (Å²) in [5.74, 6) is 0.447. The van der Waals surface area contributed by atoms with E-state index in [-0.39, 0.29) is 5.69 Å². The molecule has 0 aliphatic carbocycles.